The summed E-state index contributed by atoms with van der Waals surface area (Å²) in [6, 6.07) is 6.01. The molecule has 4 nitrogen and oxygen atoms in total. The highest BCUT2D eigenvalue weighted by molar-refractivity contribution is 5.77. The lowest BCUT2D eigenvalue weighted by atomic mass is 9.94. The molecule has 1 aromatic rings. The number of carbonyl (C=O) groups is 1. The highest BCUT2D eigenvalue weighted by atomic mass is 16.5. The van der Waals surface area contributed by atoms with E-state index < -0.39 is 0 Å². The van der Waals surface area contributed by atoms with E-state index in [0.29, 0.717) is 0 Å². The molecule has 0 radical (unpaired) electrons. The van der Waals surface area contributed by atoms with Gasteiger partial charge in [0, 0.05) is 6.54 Å². The van der Waals surface area contributed by atoms with Gasteiger partial charge in [-0.05, 0) is 82.4 Å². The smallest absolute Gasteiger partial charge is 0.257 e. The van der Waals surface area contributed by atoms with E-state index in [4.69, 9.17) is 4.74 Å². The zero-order chi connectivity index (χ0) is 15.9. The first-order valence-corrected chi connectivity index (χ1v) is 8.19. The van der Waals surface area contributed by atoms with Crippen molar-refractivity contribution in [3.63, 3.8) is 0 Å². The van der Waals surface area contributed by atoms with Gasteiger partial charge in [0.1, 0.15) is 5.75 Å². The predicted molar refractivity (Wildman–Crippen MR) is 89.3 cm³/mol. The van der Waals surface area contributed by atoms with Gasteiger partial charge < -0.3 is 15.0 Å². The van der Waals surface area contributed by atoms with Gasteiger partial charge in [-0.25, -0.2) is 0 Å². The largest absolute Gasteiger partial charge is 0.484 e. The summed E-state index contributed by atoms with van der Waals surface area (Å²) in [5.41, 5.74) is 2.30. The molecule has 122 valence electrons. The van der Waals surface area contributed by atoms with Crippen molar-refractivity contribution in [1.82, 2.24) is 10.2 Å². The summed E-state index contributed by atoms with van der Waals surface area (Å²) in [6.45, 7) is 7.26. The van der Waals surface area contributed by atoms with Crippen molar-refractivity contribution in [1.29, 1.82) is 0 Å². The van der Waals surface area contributed by atoms with Gasteiger partial charge in [-0.1, -0.05) is 6.07 Å². The second-order valence-electron chi connectivity index (χ2n) is 6.50. The fourth-order valence-electron chi connectivity index (χ4n) is 2.98. The summed E-state index contributed by atoms with van der Waals surface area (Å²) < 4.78 is 5.57. The number of nitrogens with zero attached hydrogens (tertiary/aromatic N) is 1. The van der Waals surface area contributed by atoms with Crippen LogP contribution in [0.2, 0.25) is 0 Å². The SMILES string of the molecule is Cc1cc(C)cc(OCC(=O)NCCC2CCN(C)CC2)c1. The lowest BCUT2D eigenvalue weighted by Gasteiger charge is -2.28. The van der Waals surface area contributed by atoms with Crippen LogP contribution in [0.15, 0.2) is 18.2 Å². The van der Waals surface area contributed by atoms with Crippen LogP contribution in [0.3, 0.4) is 0 Å². The van der Waals surface area contributed by atoms with Gasteiger partial charge in [0.15, 0.2) is 6.61 Å². The van der Waals surface area contributed by atoms with Crippen molar-refractivity contribution in [3.05, 3.63) is 29.3 Å². The van der Waals surface area contributed by atoms with E-state index in [1.54, 1.807) is 0 Å². The molecule has 1 saturated heterocycles. The molecular weight excluding hydrogens is 276 g/mol. The summed E-state index contributed by atoms with van der Waals surface area (Å²) in [5, 5.41) is 2.96. The predicted octanol–water partition coefficient (Wildman–Crippen LogP) is 2.53. The summed E-state index contributed by atoms with van der Waals surface area (Å²) in [5.74, 6) is 1.48. The van der Waals surface area contributed by atoms with E-state index in [1.807, 2.05) is 26.0 Å². The van der Waals surface area contributed by atoms with Crippen LogP contribution in [0.5, 0.6) is 5.75 Å². The van der Waals surface area contributed by atoms with Crippen molar-refractivity contribution >= 4 is 5.91 Å². The van der Waals surface area contributed by atoms with Gasteiger partial charge in [-0.3, -0.25) is 4.79 Å². The third kappa shape index (κ3) is 5.68. The maximum absolute atomic E-state index is 11.8. The Morgan fingerprint density at radius 2 is 1.86 bits per heavy atom. The molecule has 1 aliphatic rings. The van der Waals surface area contributed by atoms with Crippen LogP contribution < -0.4 is 10.1 Å². The number of likely N-dealkylation sites (tertiary alicyclic amines) is 1. The van der Waals surface area contributed by atoms with Crippen LogP contribution in [0.1, 0.15) is 30.4 Å². The number of rotatable bonds is 6. The number of carbonyl (C=O) groups excluding carboxylic acids is 1. The van der Waals surface area contributed by atoms with E-state index >= 15 is 0 Å². The minimum Gasteiger partial charge on any atom is -0.484 e. The van der Waals surface area contributed by atoms with Crippen LogP contribution in [0.25, 0.3) is 0 Å². The average Bonchev–Trinajstić information content (AvgIpc) is 2.46. The van der Waals surface area contributed by atoms with Gasteiger partial charge in [0.05, 0.1) is 0 Å². The molecule has 22 heavy (non-hydrogen) atoms. The Labute approximate surface area is 133 Å². The molecule has 2 rings (SSSR count). The zero-order valence-electron chi connectivity index (χ0n) is 14.0. The topological polar surface area (TPSA) is 41.6 Å². The van der Waals surface area contributed by atoms with Crippen molar-refractivity contribution in [2.75, 3.05) is 33.3 Å². The lowest BCUT2D eigenvalue weighted by Crippen LogP contribution is -2.34. The standard InChI is InChI=1S/C18H28N2O2/c1-14-10-15(2)12-17(11-14)22-13-18(21)19-7-4-16-5-8-20(3)9-6-16/h10-12,16H,4-9,13H2,1-3H3,(H,19,21). The second-order valence-corrected chi connectivity index (χ2v) is 6.50. The van der Waals surface area contributed by atoms with Gasteiger partial charge in [-0.2, -0.15) is 0 Å². The first-order valence-electron chi connectivity index (χ1n) is 8.19. The molecule has 1 aromatic carbocycles. The molecule has 0 aromatic heterocycles. The van der Waals surface area contributed by atoms with E-state index in [0.717, 1.165) is 35.8 Å². The normalized spacial score (nSPS) is 16.5. The lowest BCUT2D eigenvalue weighted by molar-refractivity contribution is -0.123. The van der Waals surface area contributed by atoms with E-state index in [9.17, 15) is 4.79 Å². The van der Waals surface area contributed by atoms with Crippen LogP contribution >= 0.6 is 0 Å². The third-order valence-electron chi connectivity index (χ3n) is 4.28. The summed E-state index contributed by atoms with van der Waals surface area (Å²) >= 11 is 0. The van der Waals surface area contributed by atoms with Crippen molar-refractivity contribution in [2.45, 2.75) is 33.1 Å². The number of benzene rings is 1. The van der Waals surface area contributed by atoms with Crippen LogP contribution in [-0.2, 0) is 4.79 Å². The summed E-state index contributed by atoms with van der Waals surface area (Å²) in [7, 11) is 2.17. The van der Waals surface area contributed by atoms with Gasteiger partial charge in [0.2, 0.25) is 0 Å². The number of aryl methyl sites for hydroxylation is 2. The fourth-order valence-corrected chi connectivity index (χ4v) is 2.98. The number of piperidine rings is 1. The van der Waals surface area contributed by atoms with Gasteiger partial charge >= 0.3 is 0 Å². The number of hydrogen-bond donors (Lipinski definition) is 1. The zero-order valence-corrected chi connectivity index (χ0v) is 14.0. The molecule has 0 spiro atoms. The Hall–Kier alpha value is -1.55. The van der Waals surface area contributed by atoms with Gasteiger partial charge in [0.25, 0.3) is 5.91 Å². The van der Waals surface area contributed by atoms with Crippen molar-refractivity contribution in [2.24, 2.45) is 5.92 Å². The molecule has 0 aliphatic carbocycles. The summed E-state index contributed by atoms with van der Waals surface area (Å²) in [4.78, 5) is 14.2. The maximum atomic E-state index is 11.8. The van der Waals surface area contributed by atoms with Crippen molar-refractivity contribution < 1.29 is 9.53 Å². The van der Waals surface area contributed by atoms with Crippen LogP contribution in [-0.4, -0.2) is 44.1 Å². The van der Waals surface area contributed by atoms with E-state index in [2.05, 4.69) is 23.3 Å². The number of amides is 1. The molecule has 0 unspecified atom stereocenters. The summed E-state index contributed by atoms with van der Waals surface area (Å²) in [6.07, 6.45) is 3.56. The van der Waals surface area contributed by atoms with Crippen LogP contribution in [0.4, 0.5) is 0 Å². The second kappa shape index (κ2) is 8.18. The molecule has 1 fully saturated rings. The molecule has 4 heteroatoms. The van der Waals surface area contributed by atoms with E-state index in [-0.39, 0.29) is 12.5 Å². The minimum absolute atomic E-state index is 0.0351. The molecule has 0 saturated carbocycles. The highest BCUT2D eigenvalue weighted by Crippen LogP contribution is 2.19. The molecule has 0 atom stereocenters. The molecular formula is C18H28N2O2. The Bertz CT molecular complexity index is 474. The maximum Gasteiger partial charge on any atom is 0.257 e. The quantitative estimate of drug-likeness (QED) is 0.878. The molecule has 0 bridgehead atoms. The molecule has 1 heterocycles. The Balaban J connectivity index is 1.63. The first kappa shape index (κ1) is 16.8. The number of hydrogen-bond acceptors (Lipinski definition) is 3. The number of nitrogens with one attached hydrogen (secondary N) is 1. The highest BCUT2D eigenvalue weighted by Gasteiger charge is 2.16. The van der Waals surface area contributed by atoms with Gasteiger partial charge in [-0.15, -0.1) is 0 Å². The number of ether oxygens (including phenoxy) is 1. The first-order chi connectivity index (χ1) is 10.5. The minimum atomic E-state index is -0.0351. The van der Waals surface area contributed by atoms with Crippen molar-refractivity contribution in [3.8, 4) is 5.75 Å². The third-order valence-corrected chi connectivity index (χ3v) is 4.28. The Morgan fingerprint density at radius 3 is 2.50 bits per heavy atom. The Kier molecular flexibility index (Phi) is 6.25. The fraction of sp³-hybridized carbons (Fsp3) is 0.611. The molecule has 1 N–H and O–H groups in total. The average molecular weight is 304 g/mol. The molecule has 1 aliphatic heterocycles. The monoisotopic (exact) mass is 304 g/mol. The van der Waals surface area contributed by atoms with Crippen LogP contribution in [0, 0.1) is 19.8 Å². The Morgan fingerprint density at radius 1 is 1.23 bits per heavy atom. The molecule has 1 amide bonds. The van der Waals surface area contributed by atoms with E-state index in [1.165, 1.54) is 25.9 Å².